The molecule has 0 aliphatic carbocycles. The van der Waals surface area contributed by atoms with E-state index in [0.29, 0.717) is 0 Å². The molecule has 29 heavy (non-hydrogen) atoms. The second-order valence-corrected chi connectivity index (χ2v) is 7.82. The molecular formula is C26H36O3. The average molecular weight is 397 g/mol. The van der Waals surface area contributed by atoms with Crippen LogP contribution in [-0.2, 0) is 17.6 Å². The van der Waals surface area contributed by atoms with Crippen LogP contribution in [0.3, 0.4) is 0 Å². The highest BCUT2D eigenvalue weighted by Gasteiger charge is 2.18. The molecule has 0 saturated carbocycles. The lowest BCUT2D eigenvalue weighted by molar-refractivity contribution is 0.0460. The lowest BCUT2D eigenvalue weighted by Gasteiger charge is -2.20. The molecule has 2 rings (SSSR count). The van der Waals surface area contributed by atoms with Crippen molar-refractivity contribution >= 4 is 6.16 Å². The van der Waals surface area contributed by atoms with Gasteiger partial charge in [0, 0.05) is 0 Å². The molecule has 0 aliphatic rings. The molecule has 2 aromatic rings. The molecule has 1 unspecified atom stereocenters. The topological polar surface area (TPSA) is 46.5 Å². The maximum Gasteiger partial charge on any atom is 0.506 e. The summed E-state index contributed by atoms with van der Waals surface area (Å²) in [6, 6.07) is 18.8. The van der Waals surface area contributed by atoms with Crippen LogP contribution in [0.2, 0.25) is 0 Å². The van der Waals surface area contributed by atoms with Gasteiger partial charge in [-0.05, 0) is 55.2 Å². The molecule has 0 aromatic heterocycles. The van der Waals surface area contributed by atoms with E-state index in [1.165, 1.54) is 43.2 Å². The summed E-state index contributed by atoms with van der Waals surface area (Å²) in [6.07, 6.45) is 10.6. The van der Waals surface area contributed by atoms with Crippen molar-refractivity contribution in [2.75, 3.05) is 0 Å². The molecule has 0 saturated heterocycles. The van der Waals surface area contributed by atoms with Crippen LogP contribution in [0.1, 0.15) is 87.5 Å². The number of rotatable bonds is 14. The lowest BCUT2D eigenvalue weighted by atomic mass is 9.94. The van der Waals surface area contributed by atoms with Crippen molar-refractivity contribution in [2.45, 2.75) is 83.7 Å². The SMILES string of the molecule is CCCCCc1ccccc1C(CCCCCCCc1ccccc1)OC(=O)O. The fourth-order valence-electron chi connectivity index (χ4n) is 3.87. The highest BCUT2D eigenvalue weighted by Crippen LogP contribution is 2.28. The van der Waals surface area contributed by atoms with E-state index in [-0.39, 0.29) is 6.10 Å². The number of hydrogen-bond donors (Lipinski definition) is 1. The van der Waals surface area contributed by atoms with E-state index < -0.39 is 6.16 Å². The fraction of sp³-hybridized carbons (Fsp3) is 0.500. The highest BCUT2D eigenvalue weighted by molar-refractivity contribution is 5.57. The van der Waals surface area contributed by atoms with Gasteiger partial charge in [-0.2, -0.15) is 0 Å². The Bertz CT molecular complexity index is 696. The lowest BCUT2D eigenvalue weighted by Crippen LogP contribution is -2.11. The maximum absolute atomic E-state index is 11.2. The molecule has 3 heteroatoms. The Labute approximate surface area is 176 Å². The van der Waals surface area contributed by atoms with E-state index in [4.69, 9.17) is 4.74 Å². The van der Waals surface area contributed by atoms with Crippen LogP contribution in [0.5, 0.6) is 0 Å². The maximum atomic E-state index is 11.2. The minimum absolute atomic E-state index is 0.352. The van der Waals surface area contributed by atoms with Gasteiger partial charge < -0.3 is 9.84 Å². The third kappa shape index (κ3) is 9.17. The number of unbranched alkanes of at least 4 members (excludes halogenated alkanes) is 6. The van der Waals surface area contributed by atoms with E-state index in [1.807, 2.05) is 18.2 Å². The van der Waals surface area contributed by atoms with Crippen LogP contribution in [0.15, 0.2) is 54.6 Å². The summed E-state index contributed by atoms with van der Waals surface area (Å²) in [5, 5.41) is 9.21. The molecule has 1 atom stereocenters. The minimum Gasteiger partial charge on any atom is -0.450 e. The second-order valence-electron chi connectivity index (χ2n) is 7.82. The number of ether oxygens (including phenoxy) is 1. The summed E-state index contributed by atoms with van der Waals surface area (Å²) in [6.45, 7) is 2.20. The molecule has 2 aromatic carbocycles. The molecule has 0 bridgehead atoms. The first kappa shape index (κ1) is 23.0. The summed E-state index contributed by atoms with van der Waals surface area (Å²) in [5.74, 6) is 0. The first-order chi connectivity index (χ1) is 14.2. The van der Waals surface area contributed by atoms with Crippen molar-refractivity contribution < 1.29 is 14.6 Å². The van der Waals surface area contributed by atoms with Crippen LogP contribution in [-0.4, -0.2) is 11.3 Å². The first-order valence-electron chi connectivity index (χ1n) is 11.2. The first-order valence-corrected chi connectivity index (χ1v) is 11.2. The fourth-order valence-corrected chi connectivity index (χ4v) is 3.87. The van der Waals surface area contributed by atoms with Gasteiger partial charge >= 0.3 is 6.16 Å². The Morgan fingerprint density at radius 2 is 1.48 bits per heavy atom. The van der Waals surface area contributed by atoms with Gasteiger partial charge in [0.15, 0.2) is 0 Å². The summed E-state index contributed by atoms with van der Waals surface area (Å²) in [7, 11) is 0. The molecule has 0 fully saturated rings. The van der Waals surface area contributed by atoms with Gasteiger partial charge in [0.25, 0.3) is 0 Å². The molecule has 0 heterocycles. The molecule has 0 amide bonds. The van der Waals surface area contributed by atoms with Crippen molar-refractivity contribution in [3.8, 4) is 0 Å². The third-order valence-electron chi connectivity index (χ3n) is 5.47. The van der Waals surface area contributed by atoms with Crippen molar-refractivity contribution in [3.05, 3.63) is 71.3 Å². The average Bonchev–Trinajstić information content (AvgIpc) is 2.73. The summed E-state index contributed by atoms with van der Waals surface area (Å²) in [4.78, 5) is 11.2. The standard InChI is InChI=1S/C26H36O3/c1-2-3-8-18-23-19-13-14-20-24(23)25(29-26(27)28)21-12-6-4-5-9-15-22-16-10-7-11-17-22/h7,10-11,13-14,16-17,19-20,25H,2-6,8-9,12,15,18,21H2,1H3,(H,27,28). The Morgan fingerprint density at radius 3 is 2.24 bits per heavy atom. The summed E-state index contributed by atoms with van der Waals surface area (Å²) in [5.41, 5.74) is 3.69. The van der Waals surface area contributed by atoms with Gasteiger partial charge in [0.05, 0.1) is 0 Å². The zero-order chi connectivity index (χ0) is 20.7. The highest BCUT2D eigenvalue weighted by atomic mass is 16.7. The van der Waals surface area contributed by atoms with Crippen LogP contribution in [0.4, 0.5) is 4.79 Å². The number of benzene rings is 2. The van der Waals surface area contributed by atoms with Crippen molar-refractivity contribution in [3.63, 3.8) is 0 Å². The molecule has 0 aliphatic heterocycles. The molecule has 0 radical (unpaired) electrons. The van der Waals surface area contributed by atoms with Crippen LogP contribution in [0.25, 0.3) is 0 Å². The molecule has 1 N–H and O–H groups in total. The monoisotopic (exact) mass is 396 g/mol. The summed E-state index contributed by atoms with van der Waals surface area (Å²) >= 11 is 0. The van der Waals surface area contributed by atoms with Gasteiger partial charge in [-0.25, -0.2) is 4.79 Å². The predicted octanol–water partition coefficient (Wildman–Crippen LogP) is 7.74. The van der Waals surface area contributed by atoms with Crippen molar-refractivity contribution in [2.24, 2.45) is 0 Å². The second kappa shape index (κ2) is 13.8. The van der Waals surface area contributed by atoms with Crippen LogP contribution in [0, 0.1) is 0 Å². The number of aryl methyl sites for hydroxylation is 2. The van der Waals surface area contributed by atoms with Gasteiger partial charge in [0.1, 0.15) is 6.10 Å². The van der Waals surface area contributed by atoms with Crippen LogP contribution < -0.4 is 0 Å². The smallest absolute Gasteiger partial charge is 0.450 e. The molecular weight excluding hydrogens is 360 g/mol. The Hall–Kier alpha value is -2.29. The van der Waals surface area contributed by atoms with Crippen molar-refractivity contribution in [1.29, 1.82) is 0 Å². The number of hydrogen-bond acceptors (Lipinski definition) is 2. The zero-order valence-corrected chi connectivity index (χ0v) is 17.8. The van der Waals surface area contributed by atoms with E-state index in [2.05, 4.69) is 43.3 Å². The Kier molecular flexibility index (Phi) is 11.0. The normalized spacial score (nSPS) is 11.9. The molecule has 3 nitrogen and oxygen atoms in total. The van der Waals surface area contributed by atoms with E-state index in [1.54, 1.807) is 0 Å². The van der Waals surface area contributed by atoms with E-state index in [9.17, 15) is 9.90 Å². The Balaban J connectivity index is 1.78. The largest absolute Gasteiger partial charge is 0.506 e. The quantitative estimate of drug-likeness (QED) is 0.262. The van der Waals surface area contributed by atoms with Gasteiger partial charge in [-0.15, -0.1) is 0 Å². The molecule has 158 valence electrons. The van der Waals surface area contributed by atoms with E-state index in [0.717, 1.165) is 44.1 Å². The van der Waals surface area contributed by atoms with Crippen LogP contribution >= 0.6 is 0 Å². The van der Waals surface area contributed by atoms with Gasteiger partial charge in [-0.3, -0.25) is 0 Å². The Morgan fingerprint density at radius 1 is 0.828 bits per heavy atom. The zero-order valence-electron chi connectivity index (χ0n) is 17.8. The van der Waals surface area contributed by atoms with Gasteiger partial charge in [0.2, 0.25) is 0 Å². The molecule has 0 spiro atoms. The number of carboxylic acid groups (broad SMARTS) is 1. The predicted molar refractivity (Wildman–Crippen MR) is 119 cm³/mol. The summed E-state index contributed by atoms with van der Waals surface area (Å²) < 4.78 is 5.29. The minimum atomic E-state index is -1.18. The van der Waals surface area contributed by atoms with Gasteiger partial charge in [-0.1, -0.05) is 93.6 Å². The van der Waals surface area contributed by atoms with Crippen molar-refractivity contribution in [1.82, 2.24) is 0 Å². The third-order valence-corrected chi connectivity index (χ3v) is 5.47. The number of carbonyl (C=O) groups is 1. The van der Waals surface area contributed by atoms with E-state index >= 15 is 0 Å².